The van der Waals surface area contributed by atoms with Crippen LogP contribution in [-0.4, -0.2) is 14.1 Å². The van der Waals surface area contributed by atoms with Crippen LogP contribution in [0.25, 0.3) is 10.9 Å². The Kier molecular flexibility index (Phi) is 3.90. The molecule has 0 radical (unpaired) electrons. The SMILES string of the molecule is CN(C)c1ccc2ccccc2[n+]1C.[I-]. The third-order valence-electron chi connectivity index (χ3n) is 2.51. The van der Waals surface area contributed by atoms with Crippen LogP contribution in [0.15, 0.2) is 36.4 Å². The Hall–Kier alpha value is -0.840. The molecule has 1 aromatic heterocycles. The van der Waals surface area contributed by atoms with Crippen molar-refractivity contribution in [3.63, 3.8) is 0 Å². The summed E-state index contributed by atoms with van der Waals surface area (Å²) in [4.78, 5) is 2.12. The van der Waals surface area contributed by atoms with E-state index in [1.54, 1.807) is 0 Å². The molecule has 2 nitrogen and oxygen atoms in total. The highest BCUT2D eigenvalue weighted by molar-refractivity contribution is 5.76. The number of pyridine rings is 1. The van der Waals surface area contributed by atoms with Crippen molar-refractivity contribution in [3.05, 3.63) is 36.4 Å². The maximum Gasteiger partial charge on any atom is 0.276 e. The first kappa shape index (κ1) is 12.2. The molecule has 0 spiro atoms. The zero-order valence-electron chi connectivity index (χ0n) is 9.24. The van der Waals surface area contributed by atoms with E-state index in [4.69, 9.17) is 0 Å². The summed E-state index contributed by atoms with van der Waals surface area (Å²) >= 11 is 0. The molecule has 0 amide bonds. The van der Waals surface area contributed by atoms with Gasteiger partial charge in [-0.05, 0) is 12.1 Å². The molecule has 15 heavy (non-hydrogen) atoms. The first-order valence-electron chi connectivity index (χ1n) is 4.75. The highest BCUT2D eigenvalue weighted by Crippen LogP contribution is 2.13. The van der Waals surface area contributed by atoms with E-state index in [-0.39, 0.29) is 24.0 Å². The highest BCUT2D eigenvalue weighted by atomic mass is 127. The van der Waals surface area contributed by atoms with E-state index >= 15 is 0 Å². The lowest BCUT2D eigenvalue weighted by atomic mass is 10.2. The molecular formula is C12H15IN2. The Morgan fingerprint density at radius 2 is 1.67 bits per heavy atom. The van der Waals surface area contributed by atoms with E-state index in [1.807, 2.05) is 0 Å². The Balaban J connectivity index is 0.00000112. The fourth-order valence-electron chi connectivity index (χ4n) is 1.78. The number of hydrogen-bond donors (Lipinski definition) is 0. The normalized spacial score (nSPS) is 9.80. The minimum Gasteiger partial charge on any atom is -1.00 e. The number of para-hydroxylation sites is 1. The van der Waals surface area contributed by atoms with Gasteiger partial charge >= 0.3 is 0 Å². The summed E-state index contributed by atoms with van der Waals surface area (Å²) in [6, 6.07) is 12.7. The quantitative estimate of drug-likeness (QED) is 0.471. The van der Waals surface area contributed by atoms with Crippen LogP contribution in [0.1, 0.15) is 0 Å². The first-order chi connectivity index (χ1) is 6.70. The first-order valence-corrected chi connectivity index (χ1v) is 4.75. The molecule has 2 aromatic rings. The lowest BCUT2D eigenvalue weighted by Gasteiger charge is -2.09. The zero-order chi connectivity index (χ0) is 10.1. The second-order valence-electron chi connectivity index (χ2n) is 3.70. The lowest BCUT2D eigenvalue weighted by molar-refractivity contribution is -0.631. The molecule has 0 fully saturated rings. The van der Waals surface area contributed by atoms with Crippen LogP contribution in [0, 0.1) is 0 Å². The summed E-state index contributed by atoms with van der Waals surface area (Å²) < 4.78 is 2.20. The van der Waals surface area contributed by atoms with Gasteiger partial charge in [-0.3, -0.25) is 4.90 Å². The molecule has 1 heterocycles. The van der Waals surface area contributed by atoms with Crippen LogP contribution in [0.2, 0.25) is 0 Å². The molecule has 0 aliphatic rings. The molecule has 2 rings (SSSR count). The van der Waals surface area contributed by atoms with E-state index in [1.165, 1.54) is 16.7 Å². The summed E-state index contributed by atoms with van der Waals surface area (Å²) in [6.45, 7) is 0. The Bertz CT molecular complexity index is 466. The van der Waals surface area contributed by atoms with Gasteiger partial charge in [0.25, 0.3) is 5.82 Å². The maximum atomic E-state index is 2.20. The number of aromatic nitrogens is 1. The number of fused-ring (bicyclic) bond motifs is 1. The minimum atomic E-state index is 0. The Morgan fingerprint density at radius 3 is 2.33 bits per heavy atom. The number of benzene rings is 1. The standard InChI is InChI=1S/C12H15N2.HI/c1-13(2)12-9-8-10-6-4-5-7-11(10)14(12)3;/h4-9H,1-3H3;1H/q+1;/p-1. The second kappa shape index (κ2) is 4.79. The fraction of sp³-hybridized carbons (Fsp3) is 0.250. The summed E-state index contributed by atoms with van der Waals surface area (Å²) in [5.41, 5.74) is 1.26. The molecular weight excluding hydrogens is 299 g/mol. The van der Waals surface area contributed by atoms with Crippen LogP contribution in [0.5, 0.6) is 0 Å². The van der Waals surface area contributed by atoms with Gasteiger partial charge in [-0.1, -0.05) is 18.2 Å². The van der Waals surface area contributed by atoms with Gasteiger partial charge in [0.1, 0.15) is 5.52 Å². The van der Waals surface area contributed by atoms with Gasteiger partial charge < -0.3 is 24.0 Å². The molecule has 80 valence electrons. The van der Waals surface area contributed by atoms with Crippen molar-refractivity contribution in [2.45, 2.75) is 0 Å². The molecule has 0 aliphatic carbocycles. The van der Waals surface area contributed by atoms with Gasteiger partial charge in [0, 0.05) is 11.5 Å². The molecule has 0 saturated heterocycles. The van der Waals surface area contributed by atoms with Crippen molar-refractivity contribution in [3.8, 4) is 0 Å². The number of nitrogens with zero attached hydrogens (tertiary/aromatic N) is 2. The predicted molar refractivity (Wildman–Crippen MR) is 59.5 cm³/mol. The van der Waals surface area contributed by atoms with E-state index in [9.17, 15) is 0 Å². The van der Waals surface area contributed by atoms with E-state index < -0.39 is 0 Å². The Labute approximate surface area is 108 Å². The van der Waals surface area contributed by atoms with Crippen molar-refractivity contribution in [1.29, 1.82) is 0 Å². The van der Waals surface area contributed by atoms with Crippen LogP contribution in [-0.2, 0) is 7.05 Å². The monoisotopic (exact) mass is 314 g/mol. The van der Waals surface area contributed by atoms with Crippen LogP contribution in [0.3, 0.4) is 0 Å². The van der Waals surface area contributed by atoms with Gasteiger partial charge in [0.2, 0.25) is 0 Å². The summed E-state index contributed by atoms with van der Waals surface area (Å²) in [5.74, 6) is 1.21. The van der Waals surface area contributed by atoms with E-state index in [2.05, 4.69) is 67.0 Å². The van der Waals surface area contributed by atoms with Crippen molar-refractivity contribution in [1.82, 2.24) is 0 Å². The largest absolute Gasteiger partial charge is 1.00 e. The number of anilines is 1. The highest BCUT2D eigenvalue weighted by Gasteiger charge is 2.10. The maximum absolute atomic E-state index is 2.20. The van der Waals surface area contributed by atoms with Gasteiger partial charge in [-0.25, -0.2) is 4.57 Å². The second-order valence-corrected chi connectivity index (χ2v) is 3.70. The number of rotatable bonds is 1. The number of aryl methyl sites for hydroxylation is 1. The number of halogens is 1. The Morgan fingerprint density at radius 1 is 1.00 bits per heavy atom. The van der Waals surface area contributed by atoms with Crippen LogP contribution in [0.4, 0.5) is 5.82 Å². The van der Waals surface area contributed by atoms with Crippen molar-refractivity contribution in [2.75, 3.05) is 19.0 Å². The van der Waals surface area contributed by atoms with Crippen molar-refractivity contribution < 1.29 is 28.5 Å². The van der Waals surface area contributed by atoms with E-state index in [0.29, 0.717) is 0 Å². The topological polar surface area (TPSA) is 7.12 Å². The van der Waals surface area contributed by atoms with Gasteiger partial charge in [0.05, 0.1) is 21.1 Å². The molecule has 1 aromatic carbocycles. The van der Waals surface area contributed by atoms with Crippen molar-refractivity contribution >= 4 is 16.7 Å². The fourth-order valence-corrected chi connectivity index (χ4v) is 1.78. The molecule has 0 aliphatic heterocycles. The molecule has 0 bridgehead atoms. The van der Waals surface area contributed by atoms with Crippen LogP contribution < -0.4 is 33.4 Å². The third-order valence-corrected chi connectivity index (χ3v) is 2.51. The summed E-state index contributed by atoms with van der Waals surface area (Å²) in [5, 5.41) is 1.28. The minimum absolute atomic E-state index is 0. The molecule has 0 saturated carbocycles. The smallest absolute Gasteiger partial charge is 0.276 e. The molecule has 0 N–H and O–H groups in total. The van der Waals surface area contributed by atoms with E-state index in [0.717, 1.165) is 0 Å². The summed E-state index contributed by atoms with van der Waals surface area (Å²) in [7, 11) is 6.21. The zero-order valence-corrected chi connectivity index (χ0v) is 11.4. The molecule has 0 unspecified atom stereocenters. The van der Waals surface area contributed by atoms with Gasteiger partial charge in [-0.15, -0.1) is 0 Å². The average molecular weight is 314 g/mol. The lowest BCUT2D eigenvalue weighted by Crippen LogP contribution is -3.00. The molecule has 0 atom stereocenters. The van der Waals surface area contributed by atoms with Gasteiger partial charge in [0.15, 0.2) is 0 Å². The third kappa shape index (κ3) is 2.22. The summed E-state index contributed by atoms with van der Waals surface area (Å²) in [6.07, 6.45) is 0. The number of hydrogen-bond acceptors (Lipinski definition) is 1. The van der Waals surface area contributed by atoms with Crippen LogP contribution >= 0.6 is 0 Å². The van der Waals surface area contributed by atoms with Crippen molar-refractivity contribution in [2.24, 2.45) is 7.05 Å². The van der Waals surface area contributed by atoms with Gasteiger partial charge in [-0.2, -0.15) is 0 Å². The average Bonchev–Trinajstić information content (AvgIpc) is 2.18. The molecule has 3 heteroatoms. The predicted octanol–water partition coefficient (Wildman–Crippen LogP) is -1.27.